The Kier molecular flexibility index (Phi) is 4.09. The number of carbonyl (C=O) groups is 1. The van der Waals surface area contributed by atoms with Gasteiger partial charge in [0.2, 0.25) is 0 Å². The minimum atomic E-state index is -0.948. The van der Waals surface area contributed by atoms with Crippen LogP contribution in [-0.2, 0) is 0 Å². The van der Waals surface area contributed by atoms with Crippen LogP contribution in [0.5, 0.6) is 0 Å². The van der Waals surface area contributed by atoms with Gasteiger partial charge >= 0.3 is 5.97 Å². The number of carboxylic acid groups (broad SMARTS) is 1. The van der Waals surface area contributed by atoms with Crippen LogP contribution in [0.15, 0.2) is 12.3 Å². The molecule has 18 heavy (non-hydrogen) atoms. The summed E-state index contributed by atoms with van der Waals surface area (Å²) in [5.41, 5.74) is 0.231. The van der Waals surface area contributed by atoms with Crippen LogP contribution in [0.2, 0.25) is 0 Å². The van der Waals surface area contributed by atoms with Crippen molar-refractivity contribution in [2.24, 2.45) is 0 Å². The number of aromatic nitrogens is 2. The molecule has 0 radical (unpaired) electrons. The SMILES string of the molecule is CCCN1CCN(c2nnccc2C(=O)O)CC1. The number of piperazine rings is 1. The van der Waals surface area contributed by atoms with Gasteiger partial charge in [0.05, 0.1) is 6.20 Å². The first kappa shape index (κ1) is 12.8. The molecule has 0 unspecified atom stereocenters. The van der Waals surface area contributed by atoms with Gasteiger partial charge in [-0.15, -0.1) is 5.10 Å². The molecule has 0 saturated carbocycles. The van der Waals surface area contributed by atoms with E-state index >= 15 is 0 Å². The van der Waals surface area contributed by atoms with E-state index in [1.54, 1.807) is 0 Å². The third kappa shape index (κ3) is 2.76. The van der Waals surface area contributed by atoms with Gasteiger partial charge < -0.3 is 10.0 Å². The Hall–Kier alpha value is -1.69. The van der Waals surface area contributed by atoms with Crippen molar-refractivity contribution in [2.45, 2.75) is 13.3 Å². The minimum Gasteiger partial charge on any atom is -0.478 e. The van der Waals surface area contributed by atoms with Crippen molar-refractivity contribution < 1.29 is 9.90 Å². The van der Waals surface area contributed by atoms with E-state index in [0.717, 1.165) is 39.1 Å². The van der Waals surface area contributed by atoms with E-state index in [9.17, 15) is 4.79 Å². The Morgan fingerprint density at radius 3 is 2.72 bits per heavy atom. The molecule has 0 aromatic carbocycles. The van der Waals surface area contributed by atoms with Crippen molar-refractivity contribution in [1.82, 2.24) is 15.1 Å². The molecule has 98 valence electrons. The highest BCUT2D eigenvalue weighted by atomic mass is 16.4. The average molecular weight is 250 g/mol. The molecule has 1 aliphatic heterocycles. The Balaban J connectivity index is 2.07. The summed E-state index contributed by atoms with van der Waals surface area (Å²) in [7, 11) is 0. The van der Waals surface area contributed by atoms with Crippen molar-refractivity contribution in [3.05, 3.63) is 17.8 Å². The third-order valence-corrected chi connectivity index (χ3v) is 3.14. The molecule has 1 aromatic rings. The fourth-order valence-corrected chi connectivity index (χ4v) is 2.22. The molecule has 2 rings (SSSR count). The van der Waals surface area contributed by atoms with Crippen LogP contribution in [0, 0.1) is 0 Å². The maximum Gasteiger partial charge on any atom is 0.339 e. The molecular weight excluding hydrogens is 232 g/mol. The first-order chi connectivity index (χ1) is 8.72. The van der Waals surface area contributed by atoms with Crippen LogP contribution in [-0.4, -0.2) is 58.9 Å². The molecule has 1 aliphatic rings. The van der Waals surface area contributed by atoms with Crippen molar-refractivity contribution in [3.8, 4) is 0 Å². The maximum absolute atomic E-state index is 11.1. The highest BCUT2D eigenvalue weighted by molar-refractivity contribution is 5.93. The van der Waals surface area contributed by atoms with Gasteiger partial charge in [-0.2, -0.15) is 5.10 Å². The Morgan fingerprint density at radius 1 is 1.39 bits per heavy atom. The summed E-state index contributed by atoms with van der Waals surface area (Å²) >= 11 is 0. The normalized spacial score (nSPS) is 16.8. The van der Waals surface area contributed by atoms with Crippen molar-refractivity contribution in [2.75, 3.05) is 37.6 Å². The first-order valence-corrected chi connectivity index (χ1v) is 6.24. The Labute approximate surface area is 106 Å². The van der Waals surface area contributed by atoms with Crippen LogP contribution < -0.4 is 4.90 Å². The minimum absolute atomic E-state index is 0.231. The van der Waals surface area contributed by atoms with Gasteiger partial charge in [-0.25, -0.2) is 4.79 Å². The second-order valence-electron chi connectivity index (χ2n) is 4.40. The topological polar surface area (TPSA) is 69.6 Å². The van der Waals surface area contributed by atoms with Crippen LogP contribution in [0.4, 0.5) is 5.82 Å². The zero-order valence-electron chi connectivity index (χ0n) is 10.5. The summed E-state index contributed by atoms with van der Waals surface area (Å²) in [6, 6.07) is 1.50. The highest BCUT2D eigenvalue weighted by Gasteiger charge is 2.22. The van der Waals surface area contributed by atoms with Gasteiger partial charge in [0.15, 0.2) is 5.82 Å². The van der Waals surface area contributed by atoms with E-state index in [1.165, 1.54) is 12.3 Å². The lowest BCUT2D eigenvalue weighted by molar-refractivity contribution is 0.0696. The van der Waals surface area contributed by atoms with E-state index in [0.29, 0.717) is 5.82 Å². The monoisotopic (exact) mass is 250 g/mol. The first-order valence-electron chi connectivity index (χ1n) is 6.24. The van der Waals surface area contributed by atoms with E-state index < -0.39 is 5.97 Å². The Morgan fingerprint density at radius 2 is 2.11 bits per heavy atom. The van der Waals surface area contributed by atoms with Gasteiger partial charge in [-0.05, 0) is 19.0 Å². The second kappa shape index (κ2) is 5.77. The van der Waals surface area contributed by atoms with E-state index in [4.69, 9.17) is 5.11 Å². The molecule has 2 heterocycles. The zero-order chi connectivity index (χ0) is 13.0. The summed E-state index contributed by atoms with van der Waals surface area (Å²) in [6.07, 6.45) is 2.56. The number of hydrogen-bond acceptors (Lipinski definition) is 5. The highest BCUT2D eigenvalue weighted by Crippen LogP contribution is 2.18. The van der Waals surface area contributed by atoms with E-state index in [1.807, 2.05) is 4.90 Å². The molecule has 0 atom stereocenters. The lowest BCUT2D eigenvalue weighted by Gasteiger charge is -2.35. The van der Waals surface area contributed by atoms with Gasteiger partial charge in [0, 0.05) is 26.2 Å². The van der Waals surface area contributed by atoms with Gasteiger partial charge in [-0.1, -0.05) is 6.92 Å². The molecule has 6 heteroatoms. The predicted molar refractivity (Wildman–Crippen MR) is 67.9 cm³/mol. The smallest absolute Gasteiger partial charge is 0.339 e. The molecule has 0 amide bonds. The lowest BCUT2D eigenvalue weighted by Crippen LogP contribution is -2.47. The molecule has 0 bridgehead atoms. The van der Waals surface area contributed by atoms with Gasteiger partial charge in [0.1, 0.15) is 5.56 Å². The standard InChI is InChI=1S/C12H18N4O2/c1-2-5-15-6-8-16(9-7-15)11-10(12(17)18)3-4-13-14-11/h3-4H,2,5-9H2,1H3,(H,17,18). The summed E-state index contributed by atoms with van der Waals surface area (Å²) in [6.45, 7) is 6.77. The van der Waals surface area contributed by atoms with E-state index in [2.05, 4.69) is 22.0 Å². The van der Waals surface area contributed by atoms with Crippen LogP contribution in [0.25, 0.3) is 0 Å². The van der Waals surface area contributed by atoms with E-state index in [-0.39, 0.29) is 5.56 Å². The largest absolute Gasteiger partial charge is 0.478 e. The van der Waals surface area contributed by atoms with Crippen molar-refractivity contribution in [3.63, 3.8) is 0 Å². The average Bonchev–Trinajstić information content (AvgIpc) is 2.40. The van der Waals surface area contributed by atoms with Crippen LogP contribution in [0.1, 0.15) is 23.7 Å². The summed E-state index contributed by atoms with van der Waals surface area (Å²) in [5, 5.41) is 16.9. The summed E-state index contributed by atoms with van der Waals surface area (Å²) in [4.78, 5) is 15.5. The fraction of sp³-hybridized carbons (Fsp3) is 0.583. The number of rotatable bonds is 4. The number of anilines is 1. The zero-order valence-corrected chi connectivity index (χ0v) is 10.5. The molecule has 1 fully saturated rings. The molecule has 1 saturated heterocycles. The van der Waals surface area contributed by atoms with Crippen LogP contribution in [0.3, 0.4) is 0 Å². The number of nitrogens with zero attached hydrogens (tertiary/aromatic N) is 4. The number of hydrogen-bond donors (Lipinski definition) is 1. The number of carboxylic acids is 1. The molecule has 0 aliphatic carbocycles. The summed E-state index contributed by atoms with van der Waals surface area (Å²) < 4.78 is 0. The summed E-state index contributed by atoms with van der Waals surface area (Å²) in [5.74, 6) is -0.461. The fourth-order valence-electron chi connectivity index (χ4n) is 2.22. The number of aromatic carboxylic acids is 1. The molecule has 0 spiro atoms. The molecule has 1 N–H and O–H groups in total. The van der Waals surface area contributed by atoms with Crippen molar-refractivity contribution >= 4 is 11.8 Å². The van der Waals surface area contributed by atoms with Crippen molar-refractivity contribution in [1.29, 1.82) is 0 Å². The predicted octanol–water partition coefficient (Wildman–Crippen LogP) is 0.707. The molecule has 1 aromatic heterocycles. The molecular formula is C12H18N4O2. The van der Waals surface area contributed by atoms with Gasteiger partial charge in [-0.3, -0.25) is 4.90 Å². The van der Waals surface area contributed by atoms with Crippen LogP contribution >= 0.6 is 0 Å². The van der Waals surface area contributed by atoms with Gasteiger partial charge in [0.25, 0.3) is 0 Å². The quantitative estimate of drug-likeness (QED) is 0.848. The molecule has 6 nitrogen and oxygen atoms in total. The maximum atomic E-state index is 11.1. The Bertz CT molecular complexity index is 416. The third-order valence-electron chi connectivity index (χ3n) is 3.14. The second-order valence-corrected chi connectivity index (χ2v) is 4.40. The lowest BCUT2D eigenvalue weighted by atomic mass is 10.2.